The largest absolute Gasteiger partial charge is 0.313 e. The van der Waals surface area contributed by atoms with Crippen molar-refractivity contribution >= 4 is 27.3 Å². The predicted octanol–water partition coefficient (Wildman–Crippen LogP) is 4.54. The van der Waals surface area contributed by atoms with Crippen molar-refractivity contribution < 1.29 is 4.39 Å². The highest BCUT2D eigenvalue weighted by molar-refractivity contribution is 9.10. The zero-order valence-corrected chi connectivity index (χ0v) is 12.5. The van der Waals surface area contributed by atoms with Crippen LogP contribution in [0.4, 0.5) is 4.39 Å². The summed E-state index contributed by atoms with van der Waals surface area (Å²) in [4.78, 5) is 0. The average molecular weight is 328 g/mol. The van der Waals surface area contributed by atoms with E-state index in [0.717, 1.165) is 22.9 Å². The molecular formula is C14H15BrFNS. The van der Waals surface area contributed by atoms with Crippen molar-refractivity contribution in [1.82, 2.24) is 5.32 Å². The molecule has 1 aromatic carbocycles. The zero-order chi connectivity index (χ0) is 13.0. The summed E-state index contributed by atoms with van der Waals surface area (Å²) < 4.78 is 14.2. The van der Waals surface area contributed by atoms with Gasteiger partial charge in [-0.25, -0.2) is 4.39 Å². The molecule has 1 unspecified atom stereocenters. The molecule has 0 bridgehead atoms. The van der Waals surface area contributed by atoms with Crippen LogP contribution >= 0.6 is 27.3 Å². The predicted molar refractivity (Wildman–Crippen MR) is 78.5 cm³/mol. The molecule has 2 aromatic rings. The van der Waals surface area contributed by atoms with Gasteiger partial charge >= 0.3 is 0 Å². The molecular weight excluding hydrogens is 313 g/mol. The third-order valence-corrected chi connectivity index (χ3v) is 4.13. The summed E-state index contributed by atoms with van der Waals surface area (Å²) in [6.07, 6.45) is 1.96. The van der Waals surface area contributed by atoms with Gasteiger partial charge in [0.25, 0.3) is 0 Å². The van der Waals surface area contributed by atoms with E-state index in [9.17, 15) is 4.39 Å². The Morgan fingerprint density at radius 1 is 1.39 bits per heavy atom. The van der Waals surface area contributed by atoms with Crippen molar-refractivity contribution in [3.8, 4) is 0 Å². The Bertz CT molecular complexity index is 478. The number of halogens is 2. The number of thiophene rings is 1. The molecule has 0 radical (unpaired) electrons. The highest BCUT2D eigenvalue weighted by Crippen LogP contribution is 2.24. The monoisotopic (exact) mass is 327 g/mol. The van der Waals surface area contributed by atoms with Gasteiger partial charge in [-0.2, -0.15) is 11.3 Å². The van der Waals surface area contributed by atoms with Gasteiger partial charge in [-0.1, -0.05) is 15.9 Å². The van der Waals surface area contributed by atoms with E-state index in [-0.39, 0.29) is 11.9 Å². The van der Waals surface area contributed by atoms with Crippen molar-refractivity contribution in [2.75, 3.05) is 7.05 Å². The van der Waals surface area contributed by atoms with Crippen LogP contribution < -0.4 is 5.32 Å². The standard InChI is InChI=1S/C14H15BrFNS/c1-17-14(3-2-10-4-5-18-9-10)11-6-12(15)8-13(16)7-11/h4-9,14,17H,2-3H2,1H3. The number of hydrogen-bond donors (Lipinski definition) is 1. The van der Waals surface area contributed by atoms with Gasteiger partial charge in [-0.05, 0) is 66.0 Å². The molecule has 0 aliphatic carbocycles. The van der Waals surface area contributed by atoms with E-state index in [1.54, 1.807) is 17.4 Å². The minimum absolute atomic E-state index is 0.178. The van der Waals surface area contributed by atoms with Crippen LogP contribution in [0.2, 0.25) is 0 Å². The number of benzene rings is 1. The third-order valence-electron chi connectivity index (χ3n) is 2.94. The lowest BCUT2D eigenvalue weighted by molar-refractivity contribution is 0.542. The Labute approximate surface area is 119 Å². The summed E-state index contributed by atoms with van der Waals surface area (Å²) >= 11 is 5.05. The number of rotatable bonds is 5. The number of aryl methyl sites for hydroxylation is 1. The van der Waals surface area contributed by atoms with E-state index in [1.807, 2.05) is 13.1 Å². The van der Waals surface area contributed by atoms with Gasteiger partial charge in [0.05, 0.1) is 0 Å². The highest BCUT2D eigenvalue weighted by Gasteiger charge is 2.11. The van der Waals surface area contributed by atoms with Crippen LogP contribution in [0.15, 0.2) is 39.5 Å². The first-order valence-electron chi connectivity index (χ1n) is 5.83. The summed E-state index contributed by atoms with van der Waals surface area (Å²) in [5, 5.41) is 7.50. The average Bonchev–Trinajstić information content (AvgIpc) is 2.81. The van der Waals surface area contributed by atoms with Crippen molar-refractivity contribution in [2.45, 2.75) is 18.9 Å². The maximum Gasteiger partial charge on any atom is 0.124 e. The van der Waals surface area contributed by atoms with Crippen LogP contribution in [0.25, 0.3) is 0 Å². The van der Waals surface area contributed by atoms with Crippen LogP contribution in [0.5, 0.6) is 0 Å². The van der Waals surface area contributed by atoms with Crippen molar-refractivity contribution in [1.29, 1.82) is 0 Å². The number of hydrogen-bond acceptors (Lipinski definition) is 2. The summed E-state index contributed by atoms with van der Waals surface area (Å²) in [6.45, 7) is 0. The zero-order valence-electron chi connectivity index (χ0n) is 10.1. The van der Waals surface area contributed by atoms with Crippen LogP contribution in [-0.2, 0) is 6.42 Å². The topological polar surface area (TPSA) is 12.0 Å². The van der Waals surface area contributed by atoms with Gasteiger partial charge in [-0.3, -0.25) is 0 Å². The summed E-state index contributed by atoms with van der Waals surface area (Å²) in [5.41, 5.74) is 2.33. The van der Waals surface area contributed by atoms with Gasteiger partial charge in [0.2, 0.25) is 0 Å². The van der Waals surface area contributed by atoms with Crippen LogP contribution in [0.3, 0.4) is 0 Å². The first-order valence-corrected chi connectivity index (χ1v) is 7.57. The molecule has 1 nitrogen and oxygen atoms in total. The van der Waals surface area contributed by atoms with Gasteiger partial charge in [0, 0.05) is 10.5 Å². The molecule has 0 fully saturated rings. The maximum absolute atomic E-state index is 13.4. The fraction of sp³-hybridized carbons (Fsp3) is 0.286. The van der Waals surface area contributed by atoms with Crippen LogP contribution in [0.1, 0.15) is 23.6 Å². The second kappa shape index (κ2) is 6.45. The van der Waals surface area contributed by atoms with Crippen molar-refractivity contribution in [2.24, 2.45) is 0 Å². The van der Waals surface area contributed by atoms with E-state index < -0.39 is 0 Å². The van der Waals surface area contributed by atoms with Crippen LogP contribution in [0, 0.1) is 5.82 Å². The summed E-state index contributed by atoms with van der Waals surface area (Å²) in [7, 11) is 1.91. The van der Waals surface area contributed by atoms with Gasteiger partial charge in [0.15, 0.2) is 0 Å². The fourth-order valence-corrected chi connectivity index (χ4v) is 3.19. The van der Waals surface area contributed by atoms with Gasteiger partial charge < -0.3 is 5.32 Å². The Hall–Kier alpha value is -0.710. The van der Waals surface area contributed by atoms with E-state index in [2.05, 4.69) is 38.1 Å². The molecule has 0 saturated carbocycles. The minimum atomic E-state index is -0.199. The van der Waals surface area contributed by atoms with Crippen molar-refractivity contribution in [3.05, 3.63) is 56.4 Å². The smallest absolute Gasteiger partial charge is 0.124 e. The lowest BCUT2D eigenvalue weighted by atomic mass is 10.0. The molecule has 0 amide bonds. The van der Waals surface area contributed by atoms with E-state index in [1.165, 1.54) is 11.6 Å². The van der Waals surface area contributed by atoms with E-state index in [0.29, 0.717) is 0 Å². The lowest BCUT2D eigenvalue weighted by Gasteiger charge is -2.16. The van der Waals surface area contributed by atoms with E-state index in [4.69, 9.17) is 0 Å². The van der Waals surface area contributed by atoms with Crippen molar-refractivity contribution in [3.63, 3.8) is 0 Å². The molecule has 1 aromatic heterocycles. The molecule has 2 rings (SSSR count). The quantitative estimate of drug-likeness (QED) is 0.849. The maximum atomic E-state index is 13.4. The molecule has 4 heteroatoms. The van der Waals surface area contributed by atoms with Crippen LogP contribution in [-0.4, -0.2) is 7.05 Å². The Morgan fingerprint density at radius 2 is 2.22 bits per heavy atom. The molecule has 0 spiro atoms. The van der Waals surface area contributed by atoms with Gasteiger partial charge in [0.1, 0.15) is 5.82 Å². The lowest BCUT2D eigenvalue weighted by Crippen LogP contribution is -2.17. The Morgan fingerprint density at radius 3 is 2.83 bits per heavy atom. The molecule has 96 valence electrons. The van der Waals surface area contributed by atoms with E-state index >= 15 is 0 Å². The summed E-state index contributed by atoms with van der Waals surface area (Å²) in [6, 6.07) is 7.36. The second-order valence-corrected chi connectivity index (χ2v) is 5.91. The van der Waals surface area contributed by atoms with Gasteiger partial charge in [-0.15, -0.1) is 0 Å². The third kappa shape index (κ3) is 3.64. The first-order chi connectivity index (χ1) is 8.69. The molecule has 18 heavy (non-hydrogen) atoms. The second-order valence-electron chi connectivity index (χ2n) is 4.21. The molecule has 1 atom stereocenters. The number of nitrogens with one attached hydrogen (secondary N) is 1. The molecule has 0 saturated heterocycles. The normalized spacial score (nSPS) is 12.6. The molecule has 1 heterocycles. The molecule has 1 N–H and O–H groups in total. The molecule has 0 aliphatic rings. The molecule has 0 aliphatic heterocycles. The minimum Gasteiger partial charge on any atom is -0.313 e. The Kier molecular flexibility index (Phi) is 4.92. The summed E-state index contributed by atoms with van der Waals surface area (Å²) in [5.74, 6) is -0.199. The SMILES string of the molecule is CNC(CCc1ccsc1)c1cc(F)cc(Br)c1. The fourth-order valence-electron chi connectivity index (χ4n) is 2.00. The first kappa shape index (κ1) is 13.7. The Balaban J connectivity index is 2.07. The highest BCUT2D eigenvalue weighted by atomic mass is 79.9.